The number of fused-ring (bicyclic) bond motifs is 10. The molecule has 6 aromatic rings. The summed E-state index contributed by atoms with van der Waals surface area (Å²) in [4.78, 5) is 0. The van der Waals surface area contributed by atoms with Crippen molar-refractivity contribution < 1.29 is 47.0 Å². The van der Waals surface area contributed by atoms with Gasteiger partial charge in [0, 0.05) is 25.0 Å². The van der Waals surface area contributed by atoms with E-state index < -0.39 is 0 Å². The van der Waals surface area contributed by atoms with E-state index >= 15 is 0 Å². The molecule has 0 amide bonds. The number of nitrogens with zero attached hydrogens (tertiary/aromatic N) is 2. The van der Waals surface area contributed by atoms with Crippen molar-refractivity contribution in [2.45, 2.75) is 45.2 Å². The molecule has 6 heterocycles. The number of unbranched alkanes of at least 4 members (excludes halogenated alkanes) is 2. The lowest BCUT2D eigenvalue weighted by Gasteiger charge is -2.18. The summed E-state index contributed by atoms with van der Waals surface area (Å²) in [5, 5.41) is 4.29. The molecule has 0 radical (unpaired) electrons. The first-order chi connectivity index (χ1) is 26.1. The van der Waals surface area contributed by atoms with E-state index in [9.17, 15) is 0 Å². The van der Waals surface area contributed by atoms with E-state index in [0.29, 0.717) is 13.2 Å². The molecule has 0 unspecified atom stereocenters. The van der Waals surface area contributed by atoms with Crippen molar-refractivity contribution in [2.24, 2.45) is 0 Å². The molecule has 0 N–H and O–H groups in total. The van der Waals surface area contributed by atoms with Gasteiger partial charge in [0.15, 0.2) is 71.5 Å². The largest absolute Gasteiger partial charge is 0.493 e. The van der Waals surface area contributed by atoms with E-state index in [1.807, 2.05) is 12.1 Å². The average molecular weight is 713 g/mol. The molecule has 4 aromatic carbocycles. The van der Waals surface area contributed by atoms with Crippen LogP contribution in [0.4, 0.5) is 0 Å². The molecule has 4 aliphatic heterocycles. The van der Waals surface area contributed by atoms with Crippen LogP contribution in [-0.4, -0.2) is 41.0 Å². The Morgan fingerprint density at radius 2 is 1.00 bits per heavy atom. The van der Waals surface area contributed by atoms with E-state index in [-0.39, 0.29) is 13.6 Å². The number of aromatic nitrogens is 2. The van der Waals surface area contributed by atoms with Gasteiger partial charge in [-0.3, -0.25) is 0 Å². The van der Waals surface area contributed by atoms with Gasteiger partial charge in [-0.05, 0) is 89.7 Å². The maximum Gasteiger partial charge on any atom is 0.231 e. The van der Waals surface area contributed by atoms with Gasteiger partial charge in [-0.1, -0.05) is 0 Å². The van der Waals surface area contributed by atoms with Gasteiger partial charge >= 0.3 is 0 Å². The standard InChI is InChI=1S/C43H40N2O8/c1-46-36-8-6-26-16-34-30-20-40-38(50-24-52-40)18-28(30)10-12-44(34)22-32(26)42(36)48-14-4-3-5-15-49-43-33-23-45-13-11-29-19-39-41(53-25-51-39)21-31(29)35(45)17-27(33)7-9-37(43)47-2/h6-9,16-23H,3-5,10-15,24-25H2,1-2H3/q+2. The molecule has 10 nitrogen and oxygen atoms in total. The third kappa shape index (κ3) is 5.46. The highest BCUT2D eigenvalue weighted by Crippen LogP contribution is 2.43. The lowest BCUT2D eigenvalue weighted by atomic mass is 9.95. The highest BCUT2D eigenvalue weighted by atomic mass is 16.7. The molecule has 0 aliphatic carbocycles. The minimum absolute atomic E-state index is 0.272. The molecular weight excluding hydrogens is 672 g/mol. The summed E-state index contributed by atoms with van der Waals surface area (Å²) in [5.74, 6) is 6.30. The molecule has 0 bridgehead atoms. The van der Waals surface area contributed by atoms with Crippen LogP contribution in [0.5, 0.6) is 46.0 Å². The van der Waals surface area contributed by atoms with Crippen molar-refractivity contribution >= 4 is 21.5 Å². The summed E-state index contributed by atoms with van der Waals surface area (Å²) in [6.45, 7) is 3.44. The minimum Gasteiger partial charge on any atom is -0.493 e. The minimum atomic E-state index is 0.272. The molecule has 268 valence electrons. The summed E-state index contributed by atoms with van der Waals surface area (Å²) in [6, 6.07) is 21.1. The highest BCUT2D eigenvalue weighted by Gasteiger charge is 2.30. The predicted octanol–water partition coefficient (Wildman–Crippen LogP) is 7.12. The normalized spacial score (nSPS) is 14.4. The number of hydrogen-bond donors (Lipinski definition) is 0. The van der Waals surface area contributed by atoms with E-state index in [1.165, 1.54) is 22.3 Å². The molecule has 10 heteroatoms. The molecule has 2 aromatic heterocycles. The maximum atomic E-state index is 6.47. The van der Waals surface area contributed by atoms with Gasteiger partial charge in [0.1, 0.15) is 0 Å². The molecule has 0 saturated carbocycles. The Morgan fingerprint density at radius 3 is 1.45 bits per heavy atom. The summed E-state index contributed by atoms with van der Waals surface area (Å²) < 4.78 is 51.7. The van der Waals surface area contributed by atoms with Crippen LogP contribution >= 0.6 is 0 Å². The molecule has 4 aliphatic rings. The van der Waals surface area contributed by atoms with Crippen LogP contribution in [0.25, 0.3) is 44.1 Å². The predicted molar refractivity (Wildman–Crippen MR) is 197 cm³/mol. The fourth-order valence-corrected chi connectivity index (χ4v) is 8.14. The first-order valence-electron chi connectivity index (χ1n) is 18.3. The average Bonchev–Trinajstić information content (AvgIpc) is 3.86. The van der Waals surface area contributed by atoms with E-state index in [1.54, 1.807) is 14.2 Å². The number of methoxy groups -OCH3 is 2. The molecule has 53 heavy (non-hydrogen) atoms. The lowest BCUT2D eigenvalue weighted by molar-refractivity contribution is -0.686. The Bertz CT molecular complexity index is 2270. The maximum absolute atomic E-state index is 6.47. The van der Waals surface area contributed by atoms with Crippen LogP contribution in [0, 0.1) is 0 Å². The number of hydrogen-bond acceptors (Lipinski definition) is 8. The summed E-state index contributed by atoms with van der Waals surface area (Å²) in [5.41, 5.74) is 7.24. The molecular formula is C43H40N2O8+2. The zero-order valence-electron chi connectivity index (χ0n) is 29.9. The quantitative estimate of drug-likeness (QED) is 0.110. The highest BCUT2D eigenvalue weighted by molar-refractivity contribution is 5.93. The first kappa shape index (κ1) is 31.8. The summed E-state index contributed by atoms with van der Waals surface area (Å²) in [6.07, 6.45) is 8.96. The van der Waals surface area contributed by atoms with Crippen molar-refractivity contribution in [3.8, 4) is 68.5 Å². The van der Waals surface area contributed by atoms with Crippen LogP contribution in [-0.2, 0) is 25.9 Å². The Morgan fingerprint density at radius 1 is 0.547 bits per heavy atom. The van der Waals surface area contributed by atoms with Gasteiger partial charge in [-0.15, -0.1) is 0 Å². The van der Waals surface area contributed by atoms with Crippen molar-refractivity contribution in [1.82, 2.24) is 0 Å². The Labute approximate surface area is 306 Å². The zero-order chi connectivity index (χ0) is 35.5. The second-order valence-electron chi connectivity index (χ2n) is 13.9. The van der Waals surface area contributed by atoms with Gasteiger partial charge in [-0.2, -0.15) is 9.13 Å². The number of ether oxygens (including phenoxy) is 8. The zero-order valence-corrected chi connectivity index (χ0v) is 29.9. The van der Waals surface area contributed by atoms with Crippen LogP contribution in [0.3, 0.4) is 0 Å². The molecule has 0 fully saturated rings. The second-order valence-corrected chi connectivity index (χ2v) is 13.9. The van der Waals surface area contributed by atoms with E-state index in [0.717, 1.165) is 124 Å². The van der Waals surface area contributed by atoms with Gasteiger partial charge in [0.25, 0.3) is 0 Å². The van der Waals surface area contributed by atoms with E-state index in [2.05, 4.69) is 70.1 Å². The monoisotopic (exact) mass is 712 g/mol. The van der Waals surface area contributed by atoms with Gasteiger partial charge in [-0.25, -0.2) is 0 Å². The fourth-order valence-electron chi connectivity index (χ4n) is 8.14. The van der Waals surface area contributed by atoms with Crippen molar-refractivity contribution in [3.63, 3.8) is 0 Å². The molecule has 10 rings (SSSR count). The summed E-state index contributed by atoms with van der Waals surface area (Å²) >= 11 is 0. The smallest absolute Gasteiger partial charge is 0.231 e. The van der Waals surface area contributed by atoms with Crippen LogP contribution in [0.1, 0.15) is 30.4 Å². The van der Waals surface area contributed by atoms with Crippen LogP contribution in [0.15, 0.2) is 73.1 Å². The fraction of sp³-hybridized carbons (Fsp3) is 0.302. The number of rotatable bonds is 10. The Hall–Kier alpha value is -5.90. The molecule has 0 spiro atoms. The lowest BCUT2D eigenvalue weighted by Crippen LogP contribution is -2.40. The van der Waals surface area contributed by atoms with Gasteiger partial charge < -0.3 is 37.9 Å². The Kier molecular flexibility index (Phi) is 7.77. The van der Waals surface area contributed by atoms with Gasteiger partial charge in [0.2, 0.25) is 25.0 Å². The van der Waals surface area contributed by atoms with Crippen LogP contribution in [0.2, 0.25) is 0 Å². The van der Waals surface area contributed by atoms with Crippen molar-refractivity contribution in [1.29, 1.82) is 0 Å². The SMILES string of the molecule is COc1ccc2cc3[n+](cc2c1OCCCCCOc1c(OC)ccc2cc4[n+](cc12)CCc1cc2c(cc1-4)OCO2)CCc1cc2c(cc1-3)OCO2. The first-order valence-corrected chi connectivity index (χ1v) is 18.3. The van der Waals surface area contributed by atoms with Crippen molar-refractivity contribution in [2.75, 3.05) is 41.0 Å². The number of pyridine rings is 2. The third-order valence-corrected chi connectivity index (χ3v) is 10.9. The Balaban J connectivity index is 0.817. The topological polar surface area (TPSA) is 81.6 Å². The molecule has 0 atom stereocenters. The third-order valence-electron chi connectivity index (χ3n) is 10.9. The van der Waals surface area contributed by atoms with Crippen molar-refractivity contribution in [3.05, 3.63) is 84.2 Å². The summed E-state index contributed by atoms with van der Waals surface area (Å²) in [7, 11) is 3.39. The molecule has 0 saturated heterocycles. The van der Waals surface area contributed by atoms with E-state index in [4.69, 9.17) is 37.9 Å². The number of aryl methyl sites for hydroxylation is 4. The second kappa shape index (κ2) is 12.9. The number of benzene rings is 4. The van der Waals surface area contributed by atoms with Gasteiger partial charge in [0.05, 0.1) is 49.3 Å². The van der Waals surface area contributed by atoms with Crippen LogP contribution < -0.4 is 47.0 Å².